The third kappa shape index (κ3) is 3.05. The van der Waals surface area contributed by atoms with E-state index in [1.807, 2.05) is 0 Å². The second-order valence-electron chi connectivity index (χ2n) is 4.47. The summed E-state index contributed by atoms with van der Waals surface area (Å²) in [6.07, 6.45) is 0. The normalized spacial score (nSPS) is 18.6. The van der Waals surface area contributed by atoms with Crippen LogP contribution >= 0.6 is 0 Å². The van der Waals surface area contributed by atoms with Gasteiger partial charge < -0.3 is 15.4 Å². The highest BCUT2D eigenvalue weighted by atomic mass is 16.5. The second-order valence-corrected chi connectivity index (χ2v) is 4.47. The molecular weight excluding hydrogens is 262 g/mol. The van der Waals surface area contributed by atoms with E-state index in [4.69, 9.17) is 10.5 Å². The van der Waals surface area contributed by atoms with Gasteiger partial charge >= 0.3 is 0 Å². The van der Waals surface area contributed by atoms with Gasteiger partial charge in [-0.05, 0) is 19.1 Å². The Balaban J connectivity index is 1.97. The van der Waals surface area contributed by atoms with Crippen LogP contribution in [0.1, 0.15) is 6.92 Å². The molecule has 1 aliphatic rings. The summed E-state index contributed by atoms with van der Waals surface area (Å²) >= 11 is 0. The first kappa shape index (κ1) is 13.9. The van der Waals surface area contributed by atoms with Crippen LogP contribution in [0.4, 0.5) is 5.69 Å². The fraction of sp³-hybridized carbons (Fsp3) is 0.308. The molecule has 1 aromatic rings. The Hall–Kier alpha value is -2.57. The first-order chi connectivity index (χ1) is 9.47. The van der Waals surface area contributed by atoms with E-state index in [-0.39, 0.29) is 13.2 Å². The number of benzene rings is 1. The van der Waals surface area contributed by atoms with Crippen molar-refractivity contribution in [3.8, 4) is 5.75 Å². The van der Waals surface area contributed by atoms with Gasteiger partial charge in [0.2, 0.25) is 11.8 Å². The quantitative estimate of drug-likeness (QED) is 0.574. The standard InChI is InChI=1S/C13H15N3O4/c1-8-13(19)15-11(17)6-16(8)12(18)7-20-10-4-2-3-9(14)5-10/h2-5,8H,6-7,14H2,1H3,(H,15,17,19). The summed E-state index contributed by atoms with van der Waals surface area (Å²) in [7, 11) is 0. The van der Waals surface area contributed by atoms with Crippen molar-refractivity contribution in [3.05, 3.63) is 24.3 Å². The maximum atomic E-state index is 12.0. The molecule has 0 radical (unpaired) electrons. The summed E-state index contributed by atoms with van der Waals surface area (Å²) in [6.45, 7) is 1.15. The molecular formula is C13H15N3O4. The van der Waals surface area contributed by atoms with E-state index < -0.39 is 23.8 Å². The van der Waals surface area contributed by atoms with Crippen molar-refractivity contribution < 1.29 is 19.1 Å². The van der Waals surface area contributed by atoms with Crippen LogP contribution in [0, 0.1) is 0 Å². The molecule has 20 heavy (non-hydrogen) atoms. The Morgan fingerprint density at radius 1 is 1.50 bits per heavy atom. The number of nitrogens with zero attached hydrogens (tertiary/aromatic N) is 1. The molecule has 2 rings (SSSR count). The van der Waals surface area contributed by atoms with Crippen LogP contribution in [0.25, 0.3) is 0 Å². The van der Waals surface area contributed by atoms with E-state index >= 15 is 0 Å². The van der Waals surface area contributed by atoms with Crippen LogP contribution in [0.3, 0.4) is 0 Å². The highest BCUT2D eigenvalue weighted by molar-refractivity contribution is 6.04. The minimum atomic E-state index is -0.690. The van der Waals surface area contributed by atoms with Gasteiger partial charge in [0.05, 0.1) is 0 Å². The molecule has 7 heteroatoms. The van der Waals surface area contributed by atoms with Gasteiger partial charge in [-0.2, -0.15) is 0 Å². The minimum Gasteiger partial charge on any atom is -0.484 e. The zero-order chi connectivity index (χ0) is 14.7. The van der Waals surface area contributed by atoms with Crippen LogP contribution in [0.5, 0.6) is 5.75 Å². The van der Waals surface area contributed by atoms with Crippen molar-refractivity contribution in [2.24, 2.45) is 0 Å². The molecule has 3 amide bonds. The smallest absolute Gasteiger partial charge is 0.261 e. The number of hydrogen-bond donors (Lipinski definition) is 2. The van der Waals surface area contributed by atoms with Gasteiger partial charge in [0.15, 0.2) is 6.61 Å². The maximum Gasteiger partial charge on any atom is 0.261 e. The number of nitrogen functional groups attached to an aromatic ring is 1. The first-order valence-corrected chi connectivity index (χ1v) is 6.09. The third-order valence-corrected chi connectivity index (χ3v) is 2.96. The maximum absolute atomic E-state index is 12.0. The number of hydrogen-bond acceptors (Lipinski definition) is 5. The zero-order valence-corrected chi connectivity index (χ0v) is 11.0. The molecule has 1 saturated heterocycles. The van der Waals surface area contributed by atoms with Crippen molar-refractivity contribution in [2.75, 3.05) is 18.9 Å². The molecule has 0 aliphatic carbocycles. The number of nitrogens with one attached hydrogen (secondary N) is 1. The van der Waals surface area contributed by atoms with Crippen molar-refractivity contribution in [1.82, 2.24) is 10.2 Å². The van der Waals surface area contributed by atoms with Crippen LogP contribution in [-0.2, 0) is 14.4 Å². The average molecular weight is 277 g/mol. The molecule has 0 spiro atoms. The Morgan fingerprint density at radius 2 is 2.25 bits per heavy atom. The molecule has 0 aromatic heterocycles. The van der Waals surface area contributed by atoms with Gasteiger partial charge in [0, 0.05) is 11.8 Å². The van der Waals surface area contributed by atoms with E-state index in [1.54, 1.807) is 31.2 Å². The van der Waals surface area contributed by atoms with Gasteiger partial charge in [-0.1, -0.05) is 6.07 Å². The lowest BCUT2D eigenvalue weighted by Crippen LogP contribution is -2.59. The lowest BCUT2D eigenvalue weighted by molar-refractivity contribution is -0.150. The lowest BCUT2D eigenvalue weighted by Gasteiger charge is -2.31. The third-order valence-electron chi connectivity index (χ3n) is 2.96. The Bertz CT molecular complexity index is 558. The number of carbonyl (C=O) groups excluding carboxylic acids is 3. The van der Waals surface area contributed by atoms with Gasteiger partial charge in [-0.25, -0.2) is 0 Å². The molecule has 0 saturated carbocycles. The number of nitrogens with two attached hydrogens (primary N) is 1. The molecule has 1 heterocycles. The van der Waals surface area contributed by atoms with Crippen LogP contribution < -0.4 is 15.8 Å². The SMILES string of the molecule is CC1C(=O)NC(=O)CN1C(=O)COc1cccc(N)c1. The van der Waals surface area contributed by atoms with E-state index in [1.165, 1.54) is 4.90 Å². The molecule has 0 bridgehead atoms. The van der Waals surface area contributed by atoms with E-state index in [2.05, 4.69) is 5.32 Å². The van der Waals surface area contributed by atoms with Crippen LogP contribution in [0.2, 0.25) is 0 Å². The second kappa shape index (κ2) is 5.60. The molecule has 3 N–H and O–H groups in total. The van der Waals surface area contributed by atoms with Gasteiger partial charge in [-0.3, -0.25) is 19.7 Å². The van der Waals surface area contributed by atoms with Crippen LogP contribution in [0.15, 0.2) is 24.3 Å². The fourth-order valence-corrected chi connectivity index (χ4v) is 1.85. The number of carbonyl (C=O) groups is 3. The highest BCUT2D eigenvalue weighted by Crippen LogP contribution is 2.15. The monoisotopic (exact) mass is 277 g/mol. The van der Waals surface area contributed by atoms with Gasteiger partial charge in [0.1, 0.15) is 18.3 Å². The van der Waals surface area contributed by atoms with Crippen molar-refractivity contribution in [2.45, 2.75) is 13.0 Å². The Kier molecular flexibility index (Phi) is 3.88. The number of piperazine rings is 1. The first-order valence-electron chi connectivity index (χ1n) is 6.09. The number of rotatable bonds is 3. The molecule has 1 unspecified atom stereocenters. The van der Waals surface area contributed by atoms with Gasteiger partial charge in [-0.15, -0.1) is 0 Å². The van der Waals surface area contributed by atoms with Gasteiger partial charge in [0.25, 0.3) is 5.91 Å². The summed E-state index contributed by atoms with van der Waals surface area (Å²) in [5.41, 5.74) is 6.12. The predicted octanol–water partition coefficient (Wildman–Crippen LogP) is -0.479. The van der Waals surface area contributed by atoms with Crippen molar-refractivity contribution >= 4 is 23.4 Å². The number of imide groups is 1. The zero-order valence-electron chi connectivity index (χ0n) is 11.0. The average Bonchev–Trinajstić information content (AvgIpc) is 2.40. The number of ether oxygens (including phenoxy) is 1. The molecule has 1 aromatic carbocycles. The molecule has 1 aliphatic heterocycles. The predicted molar refractivity (Wildman–Crippen MR) is 70.7 cm³/mol. The largest absolute Gasteiger partial charge is 0.484 e. The Labute approximate surface area is 115 Å². The summed E-state index contributed by atoms with van der Waals surface area (Å²) < 4.78 is 5.31. The topological polar surface area (TPSA) is 102 Å². The molecule has 1 atom stereocenters. The molecule has 1 fully saturated rings. The summed E-state index contributed by atoms with van der Waals surface area (Å²) in [5.74, 6) is -0.953. The van der Waals surface area contributed by atoms with Crippen molar-refractivity contribution in [1.29, 1.82) is 0 Å². The van der Waals surface area contributed by atoms with E-state index in [0.717, 1.165) is 0 Å². The van der Waals surface area contributed by atoms with E-state index in [9.17, 15) is 14.4 Å². The number of anilines is 1. The summed E-state index contributed by atoms with van der Waals surface area (Å²) in [6, 6.07) is 5.97. The summed E-state index contributed by atoms with van der Waals surface area (Å²) in [5, 5.41) is 2.17. The highest BCUT2D eigenvalue weighted by Gasteiger charge is 2.33. The Morgan fingerprint density at radius 3 is 2.95 bits per heavy atom. The fourth-order valence-electron chi connectivity index (χ4n) is 1.85. The number of amides is 3. The molecule has 7 nitrogen and oxygen atoms in total. The summed E-state index contributed by atoms with van der Waals surface area (Å²) in [4.78, 5) is 35.9. The molecule has 106 valence electrons. The minimum absolute atomic E-state index is 0.147. The van der Waals surface area contributed by atoms with Crippen LogP contribution in [-0.4, -0.2) is 41.8 Å². The van der Waals surface area contributed by atoms with Crippen molar-refractivity contribution in [3.63, 3.8) is 0 Å². The van der Waals surface area contributed by atoms with E-state index in [0.29, 0.717) is 11.4 Å². The lowest BCUT2D eigenvalue weighted by atomic mass is 10.2.